The van der Waals surface area contributed by atoms with Crippen LogP contribution >= 0.6 is 0 Å². The quantitative estimate of drug-likeness (QED) is 0.161. The van der Waals surface area contributed by atoms with Gasteiger partial charge in [-0.1, -0.05) is 51.2 Å². The number of nitrogens with zero attached hydrogens (tertiary/aromatic N) is 2. The predicted octanol–water partition coefficient (Wildman–Crippen LogP) is 4.66. The normalized spacial score (nSPS) is 16.3. The van der Waals surface area contributed by atoms with Gasteiger partial charge in [0.15, 0.2) is 5.66 Å². The summed E-state index contributed by atoms with van der Waals surface area (Å²) in [5.41, 5.74) is -0.107. The third-order valence-corrected chi connectivity index (χ3v) is 5.53. The van der Waals surface area contributed by atoms with E-state index in [1.54, 1.807) is 6.08 Å². The van der Waals surface area contributed by atoms with Gasteiger partial charge in [0.25, 0.3) is 0 Å². The minimum absolute atomic E-state index is 0.107. The van der Waals surface area contributed by atoms with E-state index in [0.29, 0.717) is 6.42 Å². The molecule has 1 rings (SSSR count). The molecule has 30 heavy (non-hydrogen) atoms. The van der Waals surface area contributed by atoms with Crippen LogP contribution in [-0.4, -0.2) is 40.5 Å². The van der Waals surface area contributed by atoms with Crippen LogP contribution in [-0.2, 0) is 4.79 Å². The highest BCUT2D eigenvalue weighted by Gasteiger charge is 2.38. The molecule has 3 N–H and O–H groups in total. The number of aliphatic hydroxyl groups excluding tert-OH is 2. The number of aliphatic hydroxyl groups is 2. The first-order valence-corrected chi connectivity index (χ1v) is 11.7. The number of carbonyl (C=O) groups is 1. The molecule has 0 aliphatic carbocycles. The van der Waals surface area contributed by atoms with Gasteiger partial charge in [-0.15, -0.1) is 12.3 Å². The van der Waals surface area contributed by atoms with Gasteiger partial charge in [0.1, 0.15) is 0 Å². The maximum absolute atomic E-state index is 11.8. The maximum atomic E-state index is 11.8. The second kappa shape index (κ2) is 16.0. The van der Waals surface area contributed by atoms with E-state index in [0.717, 1.165) is 70.6 Å². The summed E-state index contributed by atoms with van der Waals surface area (Å²) in [7, 11) is 0. The molecule has 0 saturated carbocycles. The Morgan fingerprint density at radius 2 is 1.80 bits per heavy atom. The lowest BCUT2D eigenvalue weighted by Crippen LogP contribution is -2.45. The van der Waals surface area contributed by atoms with Crippen molar-refractivity contribution >= 4 is 5.91 Å². The molecular weight excluding hydrogens is 378 g/mol. The zero-order valence-electron chi connectivity index (χ0n) is 18.7. The van der Waals surface area contributed by atoms with E-state index in [1.807, 2.05) is 6.08 Å². The molecule has 0 unspecified atom stereocenters. The molecule has 1 amide bonds. The van der Waals surface area contributed by atoms with Crippen LogP contribution in [0.25, 0.3) is 0 Å². The van der Waals surface area contributed by atoms with Crippen molar-refractivity contribution in [3.05, 3.63) is 12.2 Å². The Morgan fingerprint density at radius 3 is 2.47 bits per heavy atom. The van der Waals surface area contributed by atoms with Crippen LogP contribution in [0.4, 0.5) is 0 Å². The van der Waals surface area contributed by atoms with E-state index < -0.39 is 12.1 Å². The summed E-state index contributed by atoms with van der Waals surface area (Å²) in [5, 5.41) is 30.8. The van der Waals surface area contributed by atoms with Crippen LogP contribution in [0.1, 0.15) is 96.8 Å². The van der Waals surface area contributed by atoms with Crippen LogP contribution in [0.15, 0.2) is 22.4 Å². The summed E-state index contributed by atoms with van der Waals surface area (Å²) in [4.78, 5) is 11.8. The molecule has 0 fully saturated rings. The minimum Gasteiger partial charge on any atom is -0.394 e. The molecule has 6 nitrogen and oxygen atoms in total. The SMILES string of the molecule is C#CCCCC1(CCCCCCC/C=C/[C@@H](O)[C@H](CO)NC(=O)CCCCC)N=N1. The average Bonchev–Trinajstić information content (AvgIpc) is 3.50. The van der Waals surface area contributed by atoms with Gasteiger partial charge in [0, 0.05) is 12.8 Å². The van der Waals surface area contributed by atoms with E-state index in [-0.39, 0.29) is 18.2 Å². The van der Waals surface area contributed by atoms with Gasteiger partial charge < -0.3 is 15.5 Å². The Balaban J connectivity index is 2.05. The van der Waals surface area contributed by atoms with Crippen molar-refractivity contribution in [1.82, 2.24) is 5.32 Å². The van der Waals surface area contributed by atoms with Gasteiger partial charge in [0.2, 0.25) is 5.91 Å². The lowest BCUT2D eigenvalue weighted by atomic mass is 9.98. The van der Waals surface area contributed by atoms with Crippen LogP contribution < -0.4 is 5.32 Å². The largest absolute Gasteiger partial charge is 0.394 e. The van der Waals surface area contributed by atoms with Gasteiger partial charge >= 0.3 is 0 Å². The Labute approximate surface area is 182 Å². The zero-order valence-corrected chi connectivity index (χ0v) is 18.7. The third-order valence-electron chi connectivity index (χ3n) is 5.53. The molecule has 6 heteroatoms. The fraction of sp³-hybridized carbons (Fsp3) is 0.792. The number of carbonyl (C=O) groups excluding carboxylic acids is 1. The molecule has 0 aromatic carbocycles. The summed E-state index contributed by atoms with van der Waals surface area (Å²) >= 11 is 0. The van der Waals surface area contributed by atoms with Gasteiger partial charge in [-0.3, -0.25) is 4.79 Å². The maximum Gasteiger partial charge on any atom is 0.220 e. The van der Waals surface area contributed by atoms with Crippen molar-refractivity contribution in [3.8, 4) is 12.3 Å². The molecule has 1 aliphatic rings. The first kappa shape index (κ1) is 26.3. The fourth-order valence-corrected chi connectivity index (χ4v) is 3.49. The highest BCUT2D eigenvalue weighted by molar-refractivity contribution is 5.76. The number of unbranched alkanes of at least 4 members (excludes halogenated alkanes) is 8. The first-order chi connectivity index (χ1) is 14.6. The number of rotatable bonds is 19. The molecule has 0 aromatic rings. The topological polar surface area (TPSA) is 94.3 Å². The van der Waals surface area contributed by atoms with E-state index in [9.17, 15) is 15.0 Å². The number of hydrogen-bond acceptors (Lipinski definition) is 5. The van der Waals surface area contributed by atoms with Crippen molar-refractivity contribution in [2.75, 3.05) is 6.61 Å². The summed E-state index contributed by atoms with van der Waals surface area (Å²) in [6, 6.07) is -0.637. The molecule has 170 valence electrons. The summed E-state index contributed by atoms with van der Waals surface area (Å²) in [6.45, 7) is 1.82. The molecular formula is C24H41N3O3. The van der Waals surface area contributed by atoms with Gasteiger partial charge in [-0.2, -0.15) is 10.2 Å². The monoisotopic (exact) mass is 419 g/mol. The summed E-state index contributed by atoms with van der Waals surface area (Å²) < 4.78 is 0. The lowest BCUT2D eigenvalue weighted by molar-refractivity contribution is -0.123. The van der Waals surface area contributed by atoms with Gasteiger partial charge in [0.05, 0.1) is 18.8 Å². The Kier molecular flexibility index (Phi) is 14.1. The number of hydrogen-bond donors (Lipinski definition) is 3. The van der Waals surface area contributed by atoms with Crippen LogP contribution in [0, 0.1) is 12.3 Å². The molecule has 1 heterocycles. The second-order valence-corrected chi connectivity index (χ2v) is 8.28. The number of allylic oxidation sites excluding steroid dienone is 1. The van der Waals surface area contributed by atoms with Crippen molar-refractivity contribution in [1.29, 1.82) is 0 Å². The van der Waals surface area contributed by atoms with Crippen molar-refractivity contribution in [2.24, 2.45) is 10.2 Å². The molecule has 0 radical (unpaired) electrons. The lowest BCUT2D eigenvalue weighted by Gasteiger charge is -2.19. The predicted molar refractivity (Wildman–Crippen MR) is 121 cm³/mol. The van der Waals surface area contributed by atoms with Crippen LogP contribution in [0.5, 0.6) is 0 Å². The molecule has 0 aromatic heterocycles. The average molecular weight is 420 g/mol. The third kappa shape index (κ3) is 12.1. The van der Waals surface area contributed by atoms with Gasteiger partial charge in [-0.05, 0) is 44.9 Å². The zero-order chi connectivity index (χ0) is 22.1. The molecule has 0 spiro atoms. The second-order valence-electron chi connectivity index (χ2n) is 8.28. The number of amides is 1. The van der Waals surface area contributed by atoms with E-state index in [1.165, 1.54) is 12.8 Å². The minimum atomic E-state index is -0.859. The highest BCUT2D eigenvalue weighted by Crippen LogP contribution is 2.38. The van der Waals surface area contributed by atoms with Crippen molar-refractivity contribution < 1.29 is 15.0 Å². The van der Waals surface area contributed by atoms with E-state index >= 15 is 0 Å². The Morgan fingerprint density at radius 1 is 1.10 bits per heavy atom. The highest BCUT2D eigenvalue weighted by atomic mass is 16.3. The molecule has 1 aliphatic heterocycles. The molecule has 0 bridgehead atoms. The number of terminal acetylenes is 1. The summed E-state index contributed by atoms with van der Waals surface area (Å²) in [6.07, 6.45) is 21.9. The summed E-state index contributed by atoms with van der Waals surface area (Å²) in [5.74, 6) is 2.56. The van der Waals surface area contributed by atoms with Crippen molar-refractivity contribution in [2.45, 2.75) is 115 Å². The van der Waals surface area contributed by atoms with E-state index in [2.05, 4.69) is 28.4 Å². The van der Waals surface area contributed by atoms with Crippen LogP contribution in [0.3, 0.4) is 0 Å². The molecule has 2 atom stereocenters. The Hall–Kier alpha value is -1.71. The van der Waals surface area contributed by atoms with Gasteiger partial charge in [-0.25, -0.2) is 0 Å². The first-order valence-electron chi connectivity index (χ1n) is 11.7. The number of nitrogens with one attached hydrogen (secondary N) is 1. The standard InChI is InChI=1S/C24H41N3O3/c1-3-5-12-17-23(30)25-21(20-28)22(29)16-13-10-8-7-9-11-15-19-24(26-27-24)18-14-6-4-2/h2,13,16,21-22,28-29H,3,5-12,14-15,17-20H2,1H3,(H,25,30)/b16-13+/t21-,22+/m0/s1. The smallest absolute Gasteiger partial charge is 0.220 e. The van der Waals surface area contributed by atoms with Crippen LogP contribution in [0.2, 0.25) is 0 Å². The Bertz CT molecular complexity index is 563. The van der Waals surface area contributed by atoms with E-state index in [4.69, 9.17) is 6.42 Å². The fourth-order valence-electron chi connectivity index (χ4n) is 3.49. The van der Waals surface area contributed by atoms with Crippen molar-refractivity contribution in [3.63, 3.8) is 0 Å². The molecule has 0 saturated heterocycles.